The standard InChI is InChI=1S/C20H30FN5O2/c1-11-7-16(22-2)26-20(24-11)25-15-9-13-4-6-28-19(13)17(18(15)21)12-3-5-23-10-14(27)8-12/h3,9,11,14,16,20,22-27H,4-8,10H2,1-2H3/t11?,14-,16?,20?/m0/s1. The van der Waals surface area contributed by atoms with Crippen molar-refractivity contribution in [3.8, 4) is 5.75 Å². The Morgan fingerprint density at radius 1 is 1.32 bits per heavy atom. The third-order valence-electron chi connectivity index (χ3n) is 5.62. The van der Waals surface area contributed by atoms with Crippen molar-refractivity contribution in [2.45, 2.75) is 50.8 Å². The highest BCUT2D eigenvalue weighted by Crippen LogP contribution is 2.41. The van der Waals surface area contributed by atoms with Gasteiger partial charge in [0.2, 0.25) is 0 Å². The van der Waals surface area contributed by atoms with Gasteiger partial charge in [-0.15, -0.1) is 0 Å². The Bertz CT molecular complexity index is 757. The monoisotopic (exact) mass is 391 g/mol. The Hall–Kier alpha value is -1.71. The highest BCUT2D eigenvalue weighted by Gasteiger charge is 2.29. The van der Waals surface area contributed by atoms with E-state index in [9.17, 15) is 5.11 Å². The third kappa shape index (κ3) is 4.01. The summed E-state index contributed by atoms with van der Waals surface area (Å²) in [6.07, 6.45) is 3.42. The van der Waals surface area contributed by atoms with E-state index >= 15 is 4.39 Å². The van der Waals surface area contributed by atoms with Crippen molar-refractivity contribution in [3.63, 3.8) is 0 Å². The van der Waals surface area contributed by atoms with Crippen LogP contribution in [0.15, 0.2) is 12.1 Å². The lowest BCUT2D eigenvalue weighted by atomic mass is 9.95. The minimum absolute atomic E-state index is 0.153. The number of benzene rings is 1. The second-order valence-electron chi connectivity index (χ2n) is 7.83. The maximum Gasteiger partial charge on any atom is 0.157 e. The minimum atomic E-state index is -0.541. The van der Waals surface area contributed by atoms with E-state index in [1.54, 1.807) is 0 Å². The molecular formula is C20H30FN5O2. The van der Waals surface area contributed by atoms with Crippen LogP contribution in [0.25, 0.3) is 5.57 Å². The van der Waals surface area contributed by atoms with Crippen molar-refractivity contribution >= 4 is 11.3 Å². The molecule has 0 aromatic heterocycles. The Balaban J connectivity index is 1.66. The number of ether oxygens (including phenoxy) is 1. The normalized spacial score (nSPS) is 30.2. The lowest BCUT2D eigenvalue weighted by molar-refractivity contribution is 0.180. The fourth-order valence-electron chi connectivity index (χ4n) is 4.23. The van der Waals surface area contributed by atoms with E-state index in [2.05, 4.69) is 33.5 Å². The maximum atomic E-state index is 15.6. The summed E-state index contributed by atoms with van der Waals surface area (Å²) in [5.74, 6) is 0.290. The number of β-amino-alcohol motifs (C(OH)–C–C–N with tert-alkyl or cyclic N) is 1. The van der Waals surface area contributed by atoms with Gasteiger partial charge in [0.1, 0.15) is 12.0 Å². The van der Waals surface area contributed by atoms with Crippen molar-refractivity contribution < 1.29 is 14.2 Å². The smallest absolute Gasteiger partial charge is 0.157 e. The van der Waals surface area contributed by atoms with Crippen LogP contribution in [-0.2, 0) is 6.42 Å². The van der Waals surface area contributed by atoms with Gasteiger partial charge >= 0.3 is 0 Å². The van der Waals surface area contributed by atoms with Crippen LogP contribution in [0.1, 0.15) is 30.9 Å². The summed E-state index contributed by atoms with van der Waals surface area (Å²) >= 11 is 0. The summed E-state index contributed by atoms with van der Waals surface area (Å²) in [5.41, 5.74) is 2.72. The second kappa shape index (κ2) is 8.34. The van der Waals surface area contributed by atoms with Gasteiger partial charge in [0.15, 0.2) is 5.82 Å². The third-order valence-corrected chi connectivity index (χ3v) is 5.62. The van der Waals surface area contributed by atoms with Gasteiger partial charge < -0.3 is 25.8 Å². The first-order valence-corrected chi connectivity index (χ1v) is 10.1. The van der Waals surface area contributed by atoms with Crippen LogP contribution < -0.4 is 31.3 Å². The van der Waals surface area contributed by atoms with E-state index in [1.807, 2.05) is 19.2 Å². The Morgan fingerprint density at radius 3 is 3.00 bits per heavy atom. The molecule has 28 heavy (non-hydrogen) atoms. The van der Waals surface area contributed by atoms with Crippen molar-refractivity contribution in [2.24, 2.45) is 0 Å². The number of anilines is 1. The van der Waals surface area contributed by atoms with Gasteiger partial charge in [0, 0.05) is 37.5 Å². The minimum Gasteiger partial charge on any atom is -0.492 e. The predicted octanol–water partition coefficient (Wildman–Crippen LogP) is 0.711. The molecule has 7 nitrogen and oxygen atoms in total. The van der Waals surface area contributed by atoms with Crippen LogP contribution in [0.2, 0.25) is 0 Å². The molecule has 1 aromatic carbocycles. The van der Waals surface area contributed by atoms with Gasteiger partial charge in [-0.25, -0.2) is 4.39 Å². The number of aliphatic hydroxyl groups is 1. The van der Waals surface area contributed by atoms with Crippen LogP contribution >= 0.6 is 0 Å². The topological polar surface area (TPSA) is 89.6 Å². The first-order valence-electron chi connectivity index (χ1n) is 10.1. The zero-order valence-corrected chi connectivity index (χ0v) is 16.4. The molecular weight excluding hydrogens is 361 g/mol. The van der Waals surface area contributed by atoms with Gasteiger partial charge in [-0.05, 0) is 32.0 Å². The molecule has 4 rings (SSSR count). The zero-order valence-electron chi connectivity index (χ0n) is 16.4. The van der Waals surface area contributed by atoms with E-state index in [0.29, 0.717) is 49.2 Å². The van der Waals surface area contributed by atoms with E-state index in [0.717, 1.165) is 24.0 Å². The molecule has 0 spiro atoms. The molecule has 4 atom stereocenters. The van der Waals surface area contributed by atoms with Gasteiger partial charge in [0.05, 0.1) is 30.1 Å². The van der Waals surface area contributed by atoms with Crippen LogP contribution in [0.3, 0.4) is 0 Å². The molecule has 6 N–H and O–H groups in total. The molecule has 0 radical (unpaired) electrons. The number of nitrogens with one attached hydrogen (secondary N) is 5. The summed E-state index contributed by atoms with van der Waals surface area (Å²) in [6, 6.07) is 2.15. The van der Waals surface area contributed by atoms with E-state index in [1.165, 1.54) is 0 Å². The molecule has 154 valence electrons. The molecule has 1 fully saturated rings. The summed E-state index contributed by atoms with van der Waals surface area (Å²) in [5, 5.41) is 26.6. The molecule has 3 aliphatic rings. The summed E-state index contributed by atoms with van der Waals surface area (Å²) in [4.78, 5) is 0. The average Bonchev–Trinajstić information content (AvgIpc) is 3.01. The summed E-state index contributed by atoms with van der Waals surface area (Å²) in [7, 11) is 1.91. The van der Waals surface area contributed by atoms with Gasteiger partial charge in [-0.3, -0.25) is 10.6 Å². The first kappa shape index (κ1) is 19.6. The second-order valence-corrected chi connectivity index (χ2v) is 7.83. The predicted molar refractivity (Wildman–Crippen MR) is 108 cm³/mol. The number of hydrogen-bond donors (Lipinski definition) is 6. The molecule has 3 unspecified atom stereocenters. The van der Waals surface area contributed by atoms with Crippen LogP contribution in [0, 0.1) is 5.82 Å². The lowest BCUT2D eigenvalue weighted by Crippen LogP contribution is -2.63. The van der Waals surface area contributed by atoms with Gasteiger partial charge in [-0.1, -0.05) is 6.08 Å². The Labute approximate surface area is 165 Å². The molecule has 3 aliphatic heterocycles. The molecule has 0 aliphatic carbocycles. The van der Waals surface area contributed by atoms with E-state index in [-0.39, 0.29) is 18.3 Å². The largest absolute Gasteiger partial charge is 0.492 e. The average molecular weight is 391 g/mol. The van der Waals surface area contributed by atoms with Crippen molar-refractivity contribution in [1.82, 2.24) is 21.3 Å². The van der Waals surface area contributed by atoms with Gasteiger partial charge in [0.25, 0.3) is 0 Å². The van der Waals surface area contributed by atoms with Crippen LogP contribution in [-0.4, -0.2) is 56.5 Å². The van der Waals surface area contributed by atoms with E-state index < -0.39 is 6.10 Å². The Kier molecular flexibility index (Phi) is 5.84. The number of rotatable bonds is 4. The first-order chi connectivity index (χ1) is 13.5. The fraction of sp³-hybridized carbons (Fsp3) is 0.600. The molecule has 0 bridgehead atoms. The van der Waals surface area contributed by atoms with Crippen LogP contribution in [0.4, 0.5) is 10.1 Å². The lowest BCUT2D eigenvalue weighted by Gasteiger charge is -2.37. The van der Waals surface area contributed by atoms with E-state index in [4.69, 9.17) is 4.74 Å². The van der Waals surface area contributed by atoms with Gasteiger partial charge in [-0.2, -0.15) is 0 Å². The maximum absolute atomic E-state index is 15.6. The summed E-state index contributed by atoms with van der Waals surface area (Å²) in [6.45, 7) is 3.77. The van der Waals surface area contributed by atoms with Crippen LogP contribution in [0.5, 0.6) is 5.75 Å². The molecule has 1 saturated heterocycles. The molecule has 3 heterocycles. The molecule has 0 saturated carbocycles. The number of halogens is 1. The van der Waals surface area contributed by atoms with Crippen molar-refractivity contribution in [3.05, 3.63) is 29.1 Å². The molecule has 8 heteroatoms. The number of aliphatic hydroxyl groups excluding tert-OH is 1. The number of hydrogen-bond acceptors (Lipinski definition) is 7. The molecule has 1 aromatic rings. The number of fused-ring (bicyclic) bond motifs is 1. The zero-order chi connectivity index (χ0) is 19.7. The fourth-order valence-corrected chi connectivity index (χ4v) is 4.23. The quantitative estimate of drug-likeness (QED) is 0.451. The Morgan fingerprint density at radius 2 is 2.18 bits per heavy atom. The summed E-state index contributed by atoms with van der Waals surface area (Å²) < 4.78 is 21.4. The highest BCUT2D eigenvalue weighted by atomic mass is 19.1. The molecule has 0 amide bonds. The highest BCUT2D eigenvalue weighted by molar-refractivity contribution is 5.77. The van der Waals surface area contributed by atoms with Crippen molar-refractivity contribution in [2.75, 3.05) is 32.1 Å². The van der Waals surface area contributed by atoms with Crippen molar-refractivity contribution in [1.29, 1.82) is 0 Å². The SMILES string of the molecule is CNC1CC(C)NC(Nc2cc3c(c(C4=CCNC[C@@H](O)C4)c2F)OCC3)N1.